The van der Waals surface area contributed by atoms with Crippen molar-refractivity contribution in [2.45, 2.75) is 13.3 Å². The molecule has 0 rings (SSSR count). The van der Waals surface area contributed by atoms with Gasteiger partial charge in [-0.1, -0.05) is 17.7 Å². The zero-order chi connectivity index (χ0) is 10.3. The SMILES string of the molecule is CC(=CCCN(C)C)C(=O)OCCl. The zero-order valence-corrected chi connectivity index (χ0v) is 9.10. The van der Waals surface area contributed by atoms with E-state index in [9.17, 15) is 4.79 Å². The van der Waals surface area contributed by atoms with Crippen molar-refractivity contribution in [3.05, 3.63) is 11.6 Å². The highest BCUT2D eigenvalue weighted by Gasteiger charge is 2.03. The standard InChI is InChI=1S/C9H16ClNO2/c1-8(9(12)13-7-10)5-4-6-11(2)3/h5H,4,6-7H2,1-3H3. The molecule has 0 spiro atoms. The largest absolute Gasteiger partial charge is 0.446 e. The fourth-order valence-electron chi connectivity index (χ4n) is 0.786. The molecule has 0 aromatic carbocycles. The summed E-state index contributed by atoms with van der Waals surface area (Å²) < 4.78 is 4.61. The van der Waals surface area contributed by atoms with Crippen LogP contribution < -0.4 is 0 Å². The zero-order valence-electron chi connectivity index (χ0n) is 8.34. The summed E-state index contributed by atoms with van der Waals surface area (Å²) in [5, 5.41) is 0. The van der Waals surface area contributed by atoms with E-state index in [-0.39, 0.29) is 12.0 Å². The van der Waals surface area contributed by atoms with Gasteiger partial charge < -0.3 is 9.64 Å². The van der Waals surface area contributed by atoms with E-state index in [0.29, 0.717) is 5.57 Å². The quantitative estimate of drug-likeness (QED) is 0.388. The molecule has 0 N–H and O–H groups in total. The molecule has 0 aliphatic carbocycles. The van der Waals surface area contributed by atoms with E-state index in [2.05, 4.69) is 9.64 Å². The van der Waals surface area contributed by atoms with Gasteiger partial charge in [-0.3, -0.25) is 0 Å². The van der Waals surface area contributed by atoms with Crippen LogP contribution in [0.15, 0.2) is 11.6 Å². The molecule has 0 aromatic rings. The molecule has 13 heavy (non-hydrogen) atoms. The Morgan fingerprint density at radius 3 is 2.62 bits per heavy atom. The molecule has 0 heterocycles. The molecule has 0 aromatic heterocycles. The Bertz CT molecular complexity index is 190. The van der Waals surface area contributed by atoms with E-state index < -0.39 is 0 Å². The number of halogens is 1. The summed E-state index contributed by atoms with van der Waals surface area (Å²) in [6.45, 7) is 2.65. The number of carbonyl (C=O) groups is 1. The molecular weight excluding hydrogens is 190 g/mol. The molecule has 0 bridgehead atoms. The lowest BCUT2D eigenvalue weighted by Gasteiger charge is -2.06. The van der Waals surface area contributed by atoms with Crippen molar-refractivity contribution < 1.29 is 9.53 Å². The molecule has 0 radical (unpaired) electrons. The van der Waals surface area contributed by atoms with Gasteiger partial charge in [0.15, 0.2) is 6.07 Å². The van der Waals surface area contributed by atoms with Crippen LogP contribution in [0.5, 0.6) is 0 Å². The minimum atomic E-state index is -0.339. The summed E-state index contributed by atoms with van der Waals surface area (Å²) in [5.74, 6) is -0.339. The van der Waals surface area contributed by atoms with Gasteiger partial charge >= 0.3 is 5.97 Å². The van der Waals surface area contributed by atoms with Crippen molar-refractivity contribution in [2.75, 3.05) is 26.7 Å². The summed E-state index contributed by atoms with van der Waals surface area (Å²) in [7, 11) is 3.97. The van der Waals surface area contributed by atoms with Crippen molar-refractivity contribution in [1.82, 2.24) is 4.90 Å². The Kier molecular flexibility index (Phi) is 6.63. The number of alkyl halides is 1. The summed E-state index contributed by atoms with van der Waals surface area (Å²) in [6, 6.07) is -0.0856. The first-order valence-corrected chi connectivity index (χ1v) is 4.66. The molecule has 0 saturated heterocycles. The van der Waals surface area contributed by atoms with Gasteiger partial charge in [0.05, 0.1) is 0 Å². The van der Waals surface area contributed by atoms with Crippen LogP contribution >= 0.6 is 11.6 Å². The number of carbonyl (C=O) groups excluding carboxylic acids is 1. The van der Waals surface area contributed by atoms with Crippen molar-refractivity contribution in [2.24, 2.45) is 0 Å². The molecular formula is C9H16ClNO2. The van der Waals surface area contributed by atoms with Crippen LogP contribution in [-0.2, 0) is 9.53 Å². The van der Waals surface area contributed by atoms with Gasteiger partial charge in [0, 0.05) is 12.1 Å². The Hall–Kier alpha value is -0.540. The molecule has 0 unspecified atom stereocenters. The number of esters is 1. The van der Waals surface area contributed by atoms with Gasteiger partial charge in [0.25, 0.3) is 0 Å². The predicted octanol–water partition coefficient (Wildman–Crippen LogP) is 1.62. The maximum Gasteiger partial charge on any atom is 0.334 e. The van der Waals surface area contributed by atoms with Crippen molar-refractivity contribution >= 4 is 17.6 Å². The monoisotopic (exact) mass is 205 g/mol. The summed E-state index contributed by atoms with van der Waals surface area (Å²) >= 11 is 5.25. The van der Waals surface area contributed by atoms with Crippen LogP contribution in [0.2, 0.25) is 0 Å². The number of ether oxygens (including phenoxy) is 1. The highest BCUT2D eigenvalue weighted by Crippen LogP contribution is 1.99. The average molecular weight is 206 g/mol. The molecule has 0 saturated carbocycles. The molecule has 76 valence electrons. The summed E-state index contributed by atoms with van der Waals surface area (Å²) in [5.41, 5.74) is 0.613. The fraction of sp³-hybridized carbons (Fsp3) is 0.667. The number of nitrogens with zero attached hydrogens (tertiary/aromatic N) is 1. The van der Waals surface area contributed by atoms with Gasteiger partial charge in [-0.25, -0.2) is 4.79 Å². The lowest BCUT2D eigenvalue weighted by atomic mass is 10.2. The summed E-state index contributed by atoms with van der Waals surface area (Å²) in [4.78, 5) is 13.1. The third-order valence-corrected chi connectivity index (χ3v) is 1.64. The van der Waals surface area contributed by atoms with Crippen LogP contribution in [0.25, 0.3) is 0 Å². The van der Waals surface area contributed by atoms with Gasteiger partial charge in [-0.15, -0.1) is 0 Å². The topological polar surface area (TPSA) is 29.5 Å². The molecule has 0 aliphatic heterocycles. The fourth-order valence-corrected chi connectivity index (χ4v) is 0.885. The molecule has 0 fully saturated rings. The minimum Gasteiger partial charge on any atom is -0.446 e. The Labute approximate surface area is 84.3 Å². The third-order valence-electron chi connectivity index (χ3n) is 1.53. The van der Waals surface area contributed by atoms with E-state index in [1.807, 2.05) is 20.2 Å². The van der Waals surface area contributed by atoms with Gasteiger partial charge in [0.2, 0.25) is 0 Å². The first-order chi connectivity index (χ1) is 6.07. The van der Waals surface area contributed by atoms with Crippen molar-refractivity contribution in [3.8, 4) is 0 Å². The predicted molar refractivity (Wildman–Crippen MR) is 53.7 cm³/mol. The third kappa shape index (κ3) is 6.61. The van der Waals surface area contributed by atoms with Crippen LogP contribution in [0.4, 0.5) is 0 Å². The second-order valence-corrected chi connectivity index (χ2v) is 3.24. The summed E-state index contributed by atoms with van der Waals surface area (Å²) in [6.07, 6.45) is 2.70. The smallest absolute Gasteiger partial charge is 0.334 e. The van der Waals surface area contributed by atoms with E-state index in [1.54, 1.807) is 6.92 Å². The molecule has 3 nitrogen and oxygen atoms in total. The van der Waals surface area contributed by atoms with Crippen LogP contribution in [0, 0.1) is 0 Å². The van der Waals surface area contributed by atoms with Gasteiger partial charge in [-0.05, 0) is 27.4 Å². The first-order valence-electron chi connectivity index (χ1n) is 4.12. The lowest BCUT2D eigenvalue weighted by Crippen LogP contribution is -2.12. The molecule has 0 atom stereocenters. The van der Waals surface area contributed by atoms with Crippen molar-refractivity contribution in [3.63, 3.8) is 0 Å². The Morgan fingerprint density at radius 1 is 1.54 bits per heavy atom. The van der Waals surface area contributed by atoms with Crippen molar-refractivity contribution in [1.29, 1.82) is 0 Å². The highest BCUT2D eigenvalue weighted by molar-refractivity contribution is 6.17. The molecule has 0 aliphatic rings. The lowest BCUT2D eigenvalue weighted by molar-refractivity contribution is -0.136. The van der Waals surface area contributed by atoms with Crippen LogP contribution in [0.1, 0.15) is 13.3 Å². The van der Waals surface area contributed by atoms with E-state index >= 15 is 0 Å². The van der Waals surface area contributed by atoms with E-state index in [1.165, 1.54) is 0 Å². The first kappa shape index (κ1) is 12.5. The second-order valence-electron chi connectivity index (χ2n) is 3.02. The number of hydrogen-bond donors (Lipinski definition) is 0. The van der Waals surface area contributed by atoms with E-state index in [4.69, 9.17) is 11.6 Å². The second kappa shape index (κ2) is 6.92. The maximum absolute atomic E-state index is 11.0. The molecule has 4 heteroatoms. The maximum atomic E-state index is 11.0. The average Bonchev–Trinajstić information content (AvgIpc) is 2.04. The van der Waals surface area contributed by atoms with Crippen LogP contribution in [0.3, 0.4) is 0 Å². The van der Waals surface area contributed by atoms with Gasteiger partial charge in [0.1, 0.15) is 0 Å². The number of rotatable bonds is 5. The van der Waals surface area contributed by atoms with Gasteiger partial charge in [-0.2, -0.15) is 0 Å². The number of hydrogen-bond acceptors (Lipinski definition) is 3. The minimum absolute atomic E-state index is 0.0856. The molecule has 0 amide bonds. The highest BCUT2D eigenvalue weighted by atomic mass is 35.5. The Morgan fingerprint density at radius 2 is 2.15 bits per heavy atom. The Balaban J connectivity index is 3.80. The normalized spacial score (nSPS) is 11.9. The van der Waals surface area contributed by atoms with E-state index in [0.717, 1.165) is 13.0 Å². The van der Waals surface area contributed by atoms with Crippen LogP contribution in [-0.4, -0.2) is 37.6 Å².